The van der Waals surface area contributed by atoms with Crippen LogP contribution < -0.4 is 14.8 Å². The molecule has 0 spiro atoms. The van der Waals surface area contributed by atoms with Crippen molar-refractivity contribution in [3.63, 3.8) is 0 Å². The number of anilines is 1. The zero-order valence-electron chi connectivity index (χ0n) is 32.2. The van der Waals surface area contributed by atoms with Crippen LogP contribution in [0.3, 0.4) is 0 Å². The lowest BCUT2D eigenvalue weighted by molar-refractivity contribution is -0.114. The van der Waals surface area contributed by atoms with Crippen LogP contribution in [0.25, 0.3) is 11.1 Å². The first-order chi connectivity index (χ1) is 24.0. The molecule has 0 radical (unpaired) electrons. The van der Waals surface area contributed by atoms with E-state index in [9.17, 15) is 22.8 Å². The van der Waals surface area contributed by atoms with Crippen LogP contribution in [0.15, 0.2) is 60.8 Å². The summed E-state index contributed by atoms with van der Waals surface area (Å²) >= 11 is 0. The van der Waals surface area contributed by atoms with E-state index in [-0.39, 0.29) is 35.4 Å². The number of pyridine rings is 1. The number of sulfonamides is 1. The lowest BCUT2D eigenvalue weighted by Crippen LogP contribution is -2.46. The Morgan fingerprint density at radius 1 is 0.942 bits per heavy atom. The zero-order chi connectivity index (χ0) is 39.1. The predicted octanol–water partition coefficient (Wildman–Crippen LogP) is 7.34. The average molecular weight is 755 g/mol. The van der Waals surface area contributed by atoms with Crippen LogP contribution in [-0.4, -0.2) is 76.1 Å². The van der Waals surface area contributed by atoms with Crippen molar-refractivity contribution >= 4 is 42.1 Å². The van der Waals surface area contributed by atoms with Gasteiger partial charge in [-0.1, -0.05) is 57.2 Å². The average Bonchev–Trinajstić information content (AvgIpc) is 3.00. The minimum atomic E-state index is -3.75. The largest absolute Gasteiger partial charge is 0.493 e. The van der Waals surface area contributed by atoms with Gasteiger partial charge in [0.15, 0.2) is 8.32 Å². The van der Waals surface area contributed by atoms with Crippen LogP contribution in [0.1, 0.15) is 83.0 Å². The van der Waals surface area contributed by atoms with Gasteiger partial charge in [-0.2, -0.15) is 0 Å². The fourth-order valence-electron chi connectivity index (χ4n) is 4.89. The van der Waals surface area contributed by atoms with Crippen LogP contribution in [0.4, 0.5) is 10.6 Å². The number of hydrogen-bond acceptors (Lipinski definition) is 9. The van der Waals surface area contributed by atoms with Gasteiger partial charge in [-0.25, -0.2) is 22.9 Å². The molecule has 2 N–H and O–H groups in total. The third-order valence-corrected chi connectivity index (χ3v) is 13.5. The molecule has 0 bridgehead atoms. The van der Waals surface area contributed by atoms with Crippen LogP contribution in [-0.2, 0) is 30.4 Å². The second-order valence-electron chi connectivity index (χ2n) is 15.2. The Hall–Kier alpha value is -4.27. The maximum atomic E-state index is 13.7. The number of rotatable bonds is 14. The molecular formula is C38H54N4O8SSi. The minimum absolute atomic E-state index is 0.0976. The molecule has 1 atom stereocenters. The maximum absolute atomic E-state index is 13.7. The molecule has 284 valence electrons. The third kappa shape index (κ3) is 12.7. The molecule has 0 saturated heterocycles. The Balaban J connectivity index is 1.89. The van der Waals surface area contributed by atoms with Crippen molar-refractivity contribution in [3.05, 3.63) is 77.5 Å². The van der Waals surface area contributed by atoms with E-state index in [1.807, 2.05) is 55.8 Å². The SMILES string of the molecule is CCOc1cc(-c2ccc(CCN(C[C@H](O[Si](C)(C)C(C)(C)C)c3ccc(NC(C)=O)nc3)C(=O)OC(C)(C)C)cc2)ccc1C(=O)NS(C)(=O)=O. The summed E-state index contributed by atoms with van der Waals surface area (Å²) in [5.41, 5.74) is 2.81. The highest BCUT2D eigenvalue weighted by Crippen LogP contribution is 2.40. The van der Waals surface area contributed by atoms with E-state index in [0.29, 0.717) is 18.8 Å². The van der Waals surface area contributed by atoms with Crippen molar-refractivity contribution in [2.24, 2.45) is 0 Å². The van der Waals surface area contributed by atoms with Crippen LogP contribution in [0.5, 0.6) is 5.75 Å². The molecule has 3 rings (SSSR count). The molecule has 3 amide bonds. The minimum Gasteiger partial charge on any atom is -0.493 e. The summed E-state index contributed by atoms with van der Waals surface area (Å²) in [4.78, 5) is 44.0. The van der Waals surface area contributed by atoms with Gasteiger partial charge in [0.05, 0.1) is 31.1 Å². The molecule has 0 aliphatic rings. The first kappa shape index (κ1) is 42.1. The first-order valence-corrected chi connectivity index (χ1v) is 22.1. The number of carbonyl (C=O) groups is 3. The van der Waals surface area contributed by atoms with Crippen LogP contribution >= 0.6 is 0 Å². The van der Waals surface area contributed by atoms with E-state index >= 15 is 0 Å². The van der Waals surface area contributed by atoms with Gasteiger partial charge in [0.1, 0.15) is 17.2 Å². The maximum Gasteiger partial charge on any atom is 0.410 e. The number of ether oxygens (including phenoxy) is 2. The fourth-order valence-corrected chi connectivity index (χ4v) is 6.61. The lowest BCUT2D eigenvalue weighted by Gasteiger charge is -2.40. The number of aromatic nitrogens is 1. The molecule has 12 nitrogen and oxygen atoms in total. The van der Waals surface area contributed by atoms with Crippen molar-refractivity contribution < 1.29 is 36.7 Å². The van der Waals surface area contributed by atoms with Gasteiger partial charge < -0.3 is 24.1 Å². The number of benzene rings is 2. The highest BCUT2D eigenvalue weighted by Gasteiger charge is 2.40. The molecule has 1 aromatic heterocycles. The normalized spacial score (nSPS) is 12.8. The summed E-state index contributed by atoms with van der Waals surface area (Å²) in [5.74, 6) is -0.287. The number of nitrogens with zero attached hydrogens (tertiary/aromatic N) is 2. The number of amides is 3. The Labute approximate surface area is 309 Å². The standard InChI is InChI=1S/C38H54N4O8SSi/c1-12-48-32-23-29(17-19-31(32)35(44)41-51(9,46)47)28-15-13-27(14-16-28)21-22-42(36(45)49-37(3,4)5)25-33(50-52(10,11)38(6,7)8)30-18-20-34(39-24-30)40-26(2)43/h13-20,23-24,33H,12,21-22,25H2,1-11H3,(H,41,44)(H,39,40,43)/t33-/m0/s1. The van der Waals surface area contributed by atoms with Crippen molar-refractivity contribution in [2.45, 2.75) is 91.6 Å². The van der Waals surface area contributed by atoms with Gasteiger partial charge in [0.2, 0.25) is 15.9 Å². The van der Waals surface area contributed by atoms with Gasteiger partial charge in [0, 0.05) is 19.7 Å². The first-order valence-electron chi connectivity index (χ1n) is 17.3. The van der Waals surface area contributed by atoms with Crippen molar-refractivity contribution in [3.8, 4) is 16.9 Å². The molecule has 1 heterocycles. The monoisotopic (exact) mass is 754 g/mol. The second-order valence-corrected chi connectivity index (χ2v) is 21.8. The lowest BCUT2D eigenvalue weighted by atomic mass is 10.0. The van der Waals surface area contributed by atoms with E-state index in [1.165, 1.54) is 6.92 Å². The summed E-state index contributed by atoms with van der Waals surface area (Å²) < 4.78 is 43.7. The van der Waals surface area contributed by atoms with Gasteiger partial charge in [-0.15, -0.1) is 0 Å². The molecule has 0 saturated carbocycles. The van der Waals surface area contributed by atoms with Gasteiger partial charge >= 0.3 is 6.09 Å². The van der Waals surface area contributed by atoms with E-state index in [0.717, 1.165) is 28.5 Å². The third-order valence-electron chi connectivity index (χ3n) is 8.51. The Kier molecular flexibility index (Phi) is 13.8. The summed E-state index contributed by atoms with van der Waals surface area (Å²) in [6.45, 7) is 20.4. The molecule has 0 aliphatic heterocycles. The van der Waals surface area contributed by atoms with Crippen molar-refractivity contribution in [2.75, 3.05) is 31.3 Å². The molecule has 0 fully saturated rings. The number of carbonyl (C=O) groups excluding carboxylic acids is 3. The summed E-state index contributed by atoms with van der Waals surface area (Å²) in [7, 11) is -6.07. The van der Waals surface area contributed by atoms with E-state index in [2.05, 4.69) is 44.2 Å². The topological polar surface area (TPSA) is 153 Å². The summed E-state index contributed by atoms with van der Waals surface area (Å²) in [6, 6.07) is 16.4. The highest BCUT2D eigenvalue weighted by molar-refractivity contribution is 7.89. The zero-order valence-corrected chi connectivity index (χ0v) is 34.1. The number of nitrogens with one attached hydrogen (secondary N) is 2. The quantitative estimate of drug-likeness (QED) is 0.161. The van der Waals surface area contributed by atoms with Gasteiger partial charge in [-0.3, -0.25) is 9.59 Å². The summed E-state index contributed by atoms with van der Waals surface area (Å²) in [6.07, 6.45) is 2.16. The molecule has 0 aliphatic carbocycles. The van der Waals surface area contributed by atoms with E-state index < -0.39 is 42.0 Å². The second kappa shape index (κ2) is 17.0. The molecule has 0 unspecified atom stereocenters. The smallest absolute Gasteiger partial charge is 0.410 e. The van der Waals surface area contributed by atoms with Gasteiger partial charge in [0.25, 0.3) is 5.91 Å². The van der Waals surface area contributed by atoms with Crippen molar-refractivity contribution in [1.29, 1.82) is 0 Å². The van der Waals surface area contributed by atoms with Crippen LogP contribution in [0.2, 0.25) is 18.1 Å². The highest BCUT2D eigenvalue weighted by atomic mass is 32.2. The number of hydrogen-bond donors (Lipinski definition) is 2. The van der Waals surface area contributed by atoms with E-state index in [1.54, 1.807) is 42.3 Å². The molecule has 14 heteroatoms. The Morgan fingerprint density at radius 3 is 2.10 bits per heavy atom. The van der Waals surface area contributed by atoms with Gasteiger partial charge in [-0.05, 0) is 92.7 Å². The molecular weight excluding hydrogens is 701 g/mol. The Morgan fingerprint density at radius 2 is 1.58 bits per heavy atom. The van der Waals surface area contributed by atoms with Crippen molar-refractivity contribution in [1.82, 2.24) is 14.6 Å². The van der Waals surface area contributed by atoms with Crippen LogP contribution in [0, 0.1) is 0 Å². The molecule has 2 aromatic carbocycles. The Bertz CT molecular complexity index is 1820. The predicted molar refractivity (Wildman–Crippen MR) is 206 cm³/mol. The van der Waals surface area contributed by atoms with E-state index in [4.69, 9.17) is 13.9 Å². The summed E-state index contributed by atoms with van der Waals surface area (Å²) in [5, 5.41) is 2.60. The fraction of sp³-hybridized carbons (Fsp3) is 0.474. The molecule has 52 heavy (non-hydrogen) atoms. The molecule has 3 aromatic rings.